The number of amides is 1. The second-order valence-electron chi connectivity index (χ2n) is 6.40. The highest BCUT2D eigenvalue weighted by molar-refractivity contribution is 6.00. The fourth-order valence-electron chi connectivity index (χ4n) is 3.17. The summed E-state index contributed by atoms with van der Waals surface area (Å²) in [7, 11) is 0. The van der Waals surface area contributed by atoms with Crippen molar-refractivity contribution >= 4 is 5.91 Å². The number of imidazole rings is 1. The maximum atomic E-state index is 12.5. The van der Waals surface area contributed by atoms with Gasteiger partial charge in [-0.05, 0) is 13.0 Å². The number of benzene rings is 2. The first-order chi connectivity index (χ1) is 14.2. The molecule has 142 valence electrons. The summed E-state index contributed by atoms with van der Waals surface area (Å²) < 4.78 is 5.44. The summed E-state index contributed by atoms with van der Waals surface area (Å²) in [6, 6.07) is 17.0. The van der Waals surface area contributed by atoms with Crippen molar-refractivity contribution in [1.29, 1.82) is 0 Å². The van der Waals surface area contributed by atoms with E-state index < -0.39 is 0 Å². The average Bonchev–Trinajstić information content (AvgIpc) is 3.39. The van der Waals surface area contributed by atoms with Gasteiger partial charge in [0.1, 0.15) is 17.3 Å². The maximum absolute atomic E-state index is 12.5. The Balaban J connectivity index is 1.74. The molecule has 6 heteroatoms. The number of nitrogens with one attached hydrogen (secondary N) is 2. The quantitative estimate of drug-likeness (QED) is 0.510. The van der Waals surface area contributed by atoms with Crippen LogP contribution in [0.1, 0.15) is 16.1 Å². The molecule has 1 amide bonds. The zero-order valence-corrected chi connectivity index (χ0v) is 15.8. The lowest BCUT2D eigenvalue weighted by atomic mass is 10.0. The molecule has 6 nitrogen and oxygen atoms in total. The predicted molar refractivity (Wildman–Crippen MR) is 111 cm³/mol. The fourth-order valence-corrected chi connectivity index (χ4v) is 3.17. The molecule has 2 heterocycles. The molecule has 29 heavy (non-hydrogen) atoms. The molecule has 0 bridgehead atoms. The molecule has 0 saturated heterocycles. The van der Waals surface area contributed by atoms with Crippen LogP contribution in [0.25, 0.3) is 33.9 Å². The minimum Gasteiger partial charge on any atom is -0.360 e. The van der Waals surface area contributed by atoms with Crippen LogP contribution in [0.15, 0.2) is 65.3 Å². The van der Waals surface area contributed by atoms with Crippen molar-refractivity contribution in [1.82, 2.24) is 20.4 Å². The highest BCUT2D eigenvalue weighted by Gasteiger charge is 2.20. The summed E-state index contributed by atoms with van der Waals surface area (Å²) in [5.74, 6) is 3.40. The van der Waals surface area contributed by atoms with Crippen LogP contribution in [0.3, 0.4) is 0 Å². The van der Waals surface area contributed by atoms with E-state index in [1.807, 2.05) is 49.4 Å². The van der Waals surface area contributed by atoms with Crippen LogP contribution in [-0.4, -0.2) is 27.6 Å². The first kappa shape index (κ1) is 18.3. The monoisotopic (exact) mass is 382 g/mol. The van der Waals surface area contributed by atoms with Crippen molar-refractivity contribution < 1.29 is 9.32 Å². The van der Waals surface area contributed by atoms with Crippen molar-refractivity contribution in [2.45, 2.75) is 6.92 Å². The summed E-state index contributed by atoms with van der Waals surface area (Å²) in [5, 5.41) is 6.90. The molecule has 0 unspecified atom stereocenters. The second-order valence-corrected chi connectivity index (χ2v) is 6.40. The van der Waals surface area contributed by atoms with E-state index >= 15 is 0 Å². The molecule has 2 aromatic heterocycles. The molecule has 0 radical (unpaired) electrons. The third kappa shape index (κ3) is 3.54. The lowest BCUT2D eigenvalue weighted by Crippen LogP contribution is -2.24. The van der Waals surface area contributed by atoms with Crippen molar-refractivity contribution in [3.63, 3.8) is 0 Å². The smallest absolute Gasteiger partial charge is 0.252 e. The number of hydrogen-bond acceptors (Lipinski definition) is 4. The number of carbonyl (C=O) groups is 1. The number of aryl methyl sites for hydroxylation is 1. The fraction of sp³-hybridized carbons (Fsp3) is 0.0870. The lowest BCUT2D eigenvalue weighted by Gasteiger charge is -2.06. The van der Waals surface area contributed by atoms with Gasteiger partial charge >= 0.3 is 0 Å². The number of nitrogens with zero attached hydrogens (tertiary/aromatic N) is 2. The molecule has 0 spiro atoms. The van der Waals surface area contributed by atoms with E-state index in [1.54, 1.807) is 18.3 Å². The Morgan fingerprint density at radius 1 is 1.17 bits per heavy atom. The number of aromatic nitrogens is 3. The minimum atomic E-state index is -0.248. The minimum absolute atomic E-state index is 0.164. The van der Waals surface area contributed by atoms with Crippen LogP contribution >= 0.6 is 0 Å². The number of carbonyl (C=O) groups excluding carboxylic acids is 1. The molecule has 4 rings (SSSR count). The second kappa shape index (κ2) is 7.87. The molecule has 2 aromatic carbocycles. The largest absolute Gasteiger partial charge is 0.360 e. The molecule has 2 N–H and O–H groups in total. The first-order valence-electron chi connectivity index (χ1n) is 9.07. The highest BCUT2D eigenvalue weighted by atomic mass is 16.5. The first-order valence-corrected chi connectivity index (χ1v) is 9.07. The summed E-state index contributed by atoms with van der Waals surface area (Å²) in [5.41, 5.74) is 4.35. The molecule has 0 aliphatic heterocycles. The van der Waals surface area contributed by atoms with Gasteiger partial charge in [-0.15, -0.1) is 6.42 Å². The normalized spacial score (nSPS) is 10.5. The van der Waals surface area contributed by atoms with Gasteiger partial charge in [-0.2, -0.15) is 0 Å². The SMILES string of the molecule is C#CCNC(=O)c1ccccc1-c1nc(-c2c(-c3ccccc3)noc2C)c[nH]1. The van der Waals surface area contributed by atoms with Crippen LogP contribution in [0.4, 0.5) is 0 Å². The Bertz CT molecular complexity index is 1200. The Morgan fingerprint density at radius 3 is 2.72 bits per heavy atom. The molecule has 0 aliphatic rings. The zero-order valence-electron chi connectivity index (χ0n) is 15.8. The third-order valence-electron chi connectivity index (χ3n) is 4.52. The van der Waals surface area contributed by atoms with Crippen molar-refractivity contribution in [2.24, 2.45) is 0 Å². The van der Waals surface area contributed by atoms with Gasteiger partial charge in [0.25, 0.3) is 5.91 Å². The highest BCUT2D eigenvalue weighted by Crippen LogP contribution is 2.34. The van der Waals surface area contributed by atoms with E-state index in [0.29, 0.717) is 28.4 Å². The maximum Gasteiger partial charge on any atom is 0.252 e. The third-order valence-corrected chi connectivity index (χ3v) is 4.52. The number of hydrogen-bond donors (Lipinski definition) is 2. The van der Waals surface area contributed by atoms with Crippen molar-refractivity contribution in [3.05, 3.63) is 72.1 Å². The van der Waals surface area contributed by atoms with Crippen molar-refractivity contribution in [3.8, 4) is 46.2 Å². The Hall–Kier alpha value is -4.11. The lowest BCUT2D eigenvalue weighted by molar-refractivity contribution is 0.0959. The molecule has 0 aliphatic carbocycles. The van der Waals surface area contributed by atoms with E-state index in [1.165, 1.54) is 0 Å². The molecule has 4 aromatic rings. The summed E-state index contributed by atoms with van der Waals surface area (Å²) >= 11 is 0. The van der Waals surface area contributed by atoms with Gasteiger partial charge in [-0.25, -0.2) is 4.98 Å². The Morgan fingerprint density at radius 2 is 1.93 bits per heavy atom. The van der Waals surface area contributed by atoms with E-state index in [0.717, 1.165) is 16.8 Å². The van der Waals surface area contributed by atoms with Crippen LogP contribution in [-0.2, 0) is 0 Å². The van der Waals surface area contributed by atoms with Gasteiger partial charge in [-0.3, -0.25) is 4.79 Å². The molecule has 0 fully saturated rings. The van der Waals surface area contributed by atoms with Crippen LogP contribution in [0.5, 0.6) is 0 Å². The van der Waals surface area contributed by atoms with Gasteiger partial charge < -0.3 is 14.8 Å². The van der Waals surface area contributed by atoms with Gasteiger partial charge in [0.2, 0.25) is 0 Å². The summed E-state index contributed by atoms with van der Waals surface area (Å²) in [4.78, 5) is 20.3. The van der Waals surface area contributed by atoms with Crippen LogP contribution in [0, 0.1) is 19.3 Å². The van der Waals surface area contributed by atoms with Crippen LogP contribution < -0.4 is 5.32 Å². The molecule has 0 saturated carbocycles. The summed E-state index contributed by atoms with van der Waals surface area (Å²) in [6.07, 6.45) is 7.03. The molecule has 0 atom stereocenters. The van der Waals surface area contributed by atoms with Gasteiger partial charge in [-0.1, -0.05) is 59.6 Å². The zero-order chi connectivity index (χ0) is 20.2. The number of terminal acetylenes is 1. The van der Waals surface area contributed by atoms with Crippen LogP contribution in [0.2, 0.25) is 0 Å². The Labute approximate surface area is 168 Å². The van der Waals surface area contributed by atoms with Gasteiger partial charge in [0.15, 0.2) is 0 Å². The van der Waals surface area contributed by atoms with Gasteiger partial charge in [0, 0.05) is 17.3 Å². The van der Waals surface area contributed by atoms with Gasteiger partial charge in [0.05, 0.1) is 23.4 Å². The topological polar surface area (TPSA) is 83.8 Å². The summed E-state index contributed by atoms with van der Waals surface area (Å²) in [6.45, 7) is 2.02. The van der Waals surface area contributed by atoms with E-state index in [2.05, 4.69) is 21.4 Å². The predicted octanol–water partition coefficient (Wildman–Crippen LogP) is 4.07. The average molecular weight is 382 g/mol. The number of H-pyrrole nitrogens is 1. The van der Waals surface area contributed by atoms with E-state index in [9.17, 15) is 4.79 Å². The van der Waals surface area contributed by atoms with Crippen molar-refractivity contribution in [2.75, 3.05) is 6.54 Å². The molecular weight excluding hydrogens is 364 g/mol. The molecular formula is C23H18N4O2. The Kier molecular flexibility index (Phi) is 4.95. The standard InChI is InChI=1S/C23H18N4O2/c1-3-13-24-23(28)18-12-8-7-11-17(18)22-25-14-19(26-22)20-15(2)29-27-21(20)16-9-5-4-6-10-16/h1,4-12,14H,13H2,2H3,(H,24,28)(H,25,26). The number of aromatic amines is 1. The number of rotatable bonds is 5. The van der Waals surface area contributed by atoms with E-state index in [-0.39, 0.29) is 12.5 Å². The van der Waals surface area contributed by atoms with E-state index in [4.69, 9.17) is 15.9 Å².